The van der Waals surface area contributed by atoms with Gasteiger partial charge < -0.3 is 10.6 Å². The van der Waals surface area contributed by atoms with E-state index < -0.39 is 11.9 Å². The van der Waals surface area contributed by atoms with Crippen molar-refractivity contribution in [3.8, 4) is 0 Å². The van der Waals surface area contributed by atoms with Crippen molar-refractivity contribution in [1.82, 2.24) is 25.8 Å². The zero-order chi connectivity index (χ0) is 16.7. The number of nitrogens with zero attached hydrogens (tertiary/aromatic N) is 3. The van der Waals surface area contributed by atoms with Crippen LogP contribution in [0.5, 0.6) is 0 Å². The number of hydrogen-bond donors (Lipinski definition) is 3. The normalized spacial score (nSPS) is 11.9. The van der Waals surface area contributed by atoms with Gasteiger partial charge >= 0.3 is 6.18 Å². The van der Waals surface area contributed by atoms with Gasteiger partial charge in [-0.3, -0.25) is 5.10 Å². The van der Waals surface area contributed by atoms with Gasteiger partial charge in [-0.05, 0) is 13.0 Å². The molecule has 0 aliphatic carbocycles. The predicted molar refractivity (Wildman–Crippen MR) is 97.6 cm³/mol. The van der Waals surface area contributed by atoms with Crippen molar-refractivity contribution in [2.75, 3.05) is 13.1 Å². The molecule has 0 aromatic carbocycles. The van der Waals surface area contributed by atoms with Crippen LogP contribution in [0.15, 0.2) is 22.6 Å². The van der Waals surface area contributed by atoms with Crippen molar-refractivity contribution in [2.24, 2.45) is 4.99 Å². The smallest absolute Gasteiger partial charge is 0.357 e. The Morgan fingerprint density at radius 1 is 1.38 bits per heavy atom. The average molecular weight is 474 g/mol. The maximum Gasteiger partial charge on any atom is 0.434 e. The Morgan fingerprint density at radius 2 is 2.17 bits per heavy atom. The molecular weight excluding hydrogens is 456 g/mol. The summed E-state index contributed by atoms with van der Waals surface area (Å²) in [4.78, 5) is 7.95. The molecule has 0 saturated carbocycles. The maximum absolute atomic E-state index is 12.5. The van der Waals surface area contributed by atoms with Crippen LogP contribution in [0.1, 0.15) is 23.3 Å². The predicted octanol–water partition coefficient (Wildman–Crippen LogP) is 2.80. The Labute approximate surface area is 158 Å². The summed E-state index contributed by atoms with van der Waals surface area (Å²) in [6.07, 6.45) is -2.34. The van der Waals surface area contributed by atoms with Gasteiger partial charge in [-0.25, -0.2) is 9.98 Å². The van der Waals surface area contributed by atoms with E-state index in [1.54, 1.807) is 6.20 Å². The minimum Gasteiger partial charge on any atom is -0.357 e. The van der Waals surface area contributed by atoms with Gasteiger partial charge in [0.25, 0.3) is 0 Å². The van der Waals surface area contributed by atoms with E-state index in [9.17, 15) is 13.2 Å². The van der Waals surface area contributed by atoms with Gasteiger partial charge in [0.05, 0.1) is 17.2 Å². The van der Waals surface area contributed by atoms with Gasteiger partial charge in [0.2, 0.25) is 0 Å². The fourth-order valence-electron chi connectivity index (χ4n) is 1.72. The molecule has 0 aliphatic heterocycles. The number of hydrogen-bond acceptors (Lipinski definition) is 4. The second kappa shape index (κ2) is 9.81. The summed E-state index contributed by atoms with van der Waals surface area (Å²) in [5, 5.41) is 14.3. The summed E-state index contributed by atoms with van der Waals surface area (Å²) in [7, 11) is 0. The summed E-state index contributed by atoms with van der Waals surface area (Å²) in [5.74, 6) is 0.592. The minimum atomic E-state index is -4.39. The zero-order valence-electron chi connectivity index (χ0n) is 12.9. The first-order valence-electron chi connectivity index (χ1n) is 7.01. The molecule has 2 heterocycles. The van der Waals surface area contributed by atoms with E-state index in [0.717, 1.165) is 22.4 Å². The van der Waals surface area contributed by atoms with Crippen molar-refractivity contribution in [2.45, 2.75) is 26.1 Å². The zero-order valence-corrected chi connectivity index (χ0v) is 16.0. The molecular formula is C13H18F3IN6S. The molecule has 0 aliphatic rings. The van der Waals surface area contributed by atoms with Crippen LogP contribution in [0.4, 0.5) is 13.2 Å². The highest BCUT2D eigenvalue weighted by atomic mass is 127. The van der Waals surface area contributed by atoms with E-state index in [2.05, 4.69) is 30.8 Å². The first-order valence-corrected chi connectivity index (χ1v) is 7.89. The highest BCUT2D eigenvalue weighted by Crippen LogP contribution is 2.29. The maximum atomic E-state index is 12.5. The first kappa shape index (κ1) is 20.7. The summed E-state index contributed by atoms with van der Waals surface area (Å²) in [6.45, 7) is 3.50. The third kappa shape index (κ3) is 6.63. The molecule has 134 valence electrons. The molecule has 2 rings (SSSR count). The second-order valence-corrected chi connectivity index (χ2v) is 5.52. The van der Waals surface area contributed by atoms with Gasteiger partial charge in [-0.2, -0.15) is 18.3 Å². The topological polar surface area (TPSA) is 78.0 Å². The molecule has 0 saturated heterocycles. The van der Waals surface area contributed by atoms with E-state index in [-0.39, 0.29) is 24.0 Å². The van der Waals surface area contributed by atoms with Gasteiger partial charge in [-0.15, -0.1) is 35.3 Å². The number of guanidine groups is 1. The van der Waals surface area contributed by atoms with Gasteiger partial charge in [0, 0.05) is 31.1 Å². The van der Waals surface area contributed by atoms with Gasteiger partial charge in [0.1, 0.15) is 0 Å². The SMILES string of the molecule is CCNC(=NCc1ccn[nH]1)NCCc1nc(C(F)(F)F)cs1.I. The molecule has 2 aromatic rings. The molecule has 0 spiro atoms. The van der Waals surface area contributed by atoms with E-state index in [0.29, 0.717) is 37.0 Å². The van der Waals surface area contributed by atoms with Crippen molar-refractivity contribution in [1.29, 1.82) is 0 Å². The third-order valence-corrected chi connectivity index (χ3v) is 3.69. The number of rotatable bonds is 6. The number of alkyl halides is 3. The van der Waals surface area contributed by atoms with Crippen LogP contribution in [0.2, 0.25) is 0 Å². The van der Waals surface area contributed by atoms with E-state index in [1.807, 2.05) is 13.0 Å². The molecule has 11 heteroatoms. The van der Waals surface area contributed by atoms with Crippen molar-refractivity contribution >= 4 is 41.3 Å². The van der Waals surface area contributed by atoms with Crippen LogP contribution in [0.3, 0.4) is 0 Å². The lowest BCUT2D eigenvalue weighted by molar-refractivity contribution is -0.140. The van der Waals surface area contributed by atoms with Gasteiger partial charge in [-0.1, -0.05) is 0 Å². The largest absolute Gasteiger partial charge is 0.434 e. The third-order valence-electron chi connectivity index (χ3n) is 2.78. The molecule has 2 aromatic heterocycles. The van der Waals surface area contributed by atoms with E-state index in [4.69, 9.17) is 0 Å². The van der Waals surface area contributed by atoms with Crippen LogP contribution in [-0.4, -0.2) is 34.2 Å². The summed E-state index contributed by atoms with van der Waals surface area (Å²) in [5.41, 5.74) is 0.0364. The van der Waals surface area contributed by atoms with Crippen LogP contribution in [-0.2, 0) is 19.1 Å². The fourth-order valence-corrected chi connectivity index (χ4v) is 2.53. The number of H-pyrrole nitrogens is 1. The Kier molecular flexibility index (Phi) is 8.45. The molecule has 3 N–H and O–H groups in total. The second-order valence-electron chi connectivity index (χ2n) is 4.58. The lowest BCUT2D eigenvalue weighted by atomic mass is 10.4. The molecule has 6 nitrogen and oxygen atoms in total. The molecule has 0 atom stereocenters. The number of thiazole rings is 1. The lowest BCUT2D eigenvalue weighted by Crippen LogP contribution is -2.38. The number of aliphatic imine (C=N–C) groups is 1. The lowest BCUT2D eigenvalue weighted by Gasteiger charge is -2.10. The fraction of sp³-hybridized carbons (Fsp3) is 0.462. The Hall–Kier alpha value is -1.37. The van der Waals surface area contributed by atoms with Crippen LogP contribution in [0, 0.1) is 0 Å². The van der Waals surface area contributed by atoms with E-state index in [1.165, 1.54) is 0 Å². The number of aromatic amines is 1. The van der Waals surface area contributed by atoms with Gasteiger partial charge in [0.15, 0.2) is 11.7 Å². The molecule has 0 bridgehead atoms. The van der Waals surface area contributed by atoms with E-state index >= 15 is 0 Å². The average Bonchev–Trinajstić information content (AvgIpc) is 3.15. The first-order chi connectivity index (χ1) is 11.0. The quantitative estimate of drug-likeness (QED) is 0.342. The summed E-state index contributed by atoms with van der Waals surface area (Å²) < 4.78 is 37.4. The van der Waals surface area contributed by atoms with Crippen LogP contribution >= 0.6 is 35.3 Å². The van der Waals surface area contributed by atoms with Crippen molar-refractivity contribution < 1.29 is 13.2 Å². The highest BCUT2D eigenvalue weighted by molar-refractivity contribution is 14.0. The van der Waals surface area contributed by atoms with Crippen molar-refractivity contribution in [3.63, 3.8) is 0 Å². The standard InChI is InChI=1S/C13H17F3N6S.HI/c1-2-17-12(19-7-9-3-6-20-22-9)18-5-4-11-21-10(8-23-11)13(14,15)16;/h3,6,8H,2,4-5,7H2,1H3,(H,20,22)(H2,17,18,19);1H. The summed E-state index contributed by atoms with van der Waals surface area (Å²) >= 11 is 1.01. The molecule has 0 radical (unpaired) electrons. The highest BCUT2D eigenvalue weighted by Gasteiger charge is 2.33. The monoisotopic (exact) mass is 474 g/mol. The Bertz CT molecular complexity index is 626. The molecule has 0 unspecified atom stereocenters. The molecule has 24 heavy (non-hydrogen) atoms. The minimum absolute atomic E-state index is 0. The molecule has 0 fully saturated rings. The van der Waals surface area contributed by atoms with Crippen molar-refractivity contribution in [3.05, 3.63) is 34.0 Å². The summed E-state index contributed by atoms with van der Waals surface area (Å²) in [6, 6.07) is 1.82. The Morgan fingerprint density at radius 3 is 2.75 bits per heavy atom. The van der Waals surface area contributed by atoms with Crippen LogP contribution < -0.4 is 10.6 Å². The Balaban J connectivity index is 0.00000288. The number of halogens is 4. The molecule has 0 amide bonds. The number of aromatic nitrogens is 3. The number of nitrogens with one attached hydrogen (secondary N) is 3. The van der Waals surface area contributed by atoms with Crippen LogP contribution in [0.25, 0.3) is 0 Å².